The van der Waals surface area contributed by atoms with Gasteiger partial charge in [0.15, 0.2) is 11.5 Å². The maximum Gasteiger partial charge on any atom is 0.315 e. The van der Waals surface area contributed by atoms with Crippen LogP contribution in [0.5, 0.6) is 0 Å². The van der Waals surface area contributed by atoms with Crippen LogP contribution in [0.1, 0.15) is 33.5 Å². The van der Waals surface area contributed by atoms with Crippen LogP contribution >= 0.6 is 0 Å². The summed E-state index contributed by atoms with van der Waals surface area (Å²) in [5.41, 5.74) is 8.68. The highest BCUT2D eigenvalue weighted by Gasteiger charge is 2.13. The van der Waals surface area contributed by atoms with Gasteiger partial charge in [-0.3, -0.25) is 4.79 Å². The first kappa shape index (κ1) is 14.0. The number of carbonyl (C=O) groups is 1. The van der Waals surface area contributed by atoms with E-state index in [9.17, 15) is 4.79 Å². The van der Waals surface area contributed by atoms with Gasteiger partial charge in [0.05, 0.1) is 12.2 Å². The third kappa shape index (κ3) is 2.36. The highest BCUT2D eigenvalue weighted by atomic mass is 16.5. The SMILES string of the molecule is Cc1cc(NCc2noc(C(N)=O)n2)n2nc(C)c(C)c2n1. The van der Waals surface area contributed by atoms with Crippen molar-refractivity contribution in [1.82, 2.24) is 24.7 Å². The molecule has 3 N–H and O–H groups in total. The van der Waals surface area contributed by atoms with Crippen molar-refractivity contribution in [2.75, 3.05) is 5.32 Å². The number of aromatic nitrogens is 5. The van der Waals surface area contributed by atoms with Crippen LogP contribution in [0.15, 0.2) is 10.6 Å². The Labute approximate surface area is 125 Å². The number of rotatable bonds is 4. The van der Waals surface area contributed by atoms with Crippen LogP contribution < -0.4 is 11.1 Å². The fraction of sp³-hybridized carbons (Fsp3) is 0.308. The second kappa shape index (κ2) is 5.10. The average Bonchev–Trinajstić information content (AvgIpc) is 3.04. The molecule has 0 atom stereocenters. The fourth-order valence-electron chi connectivity index (χ4n) is 2.07. The number of fused-ring (bicyclic) bond motifs is 1. The number of anilines is 1. The molecule has 3 heterocycles. The van der Waals surface area contributed by atoms with E-state index in [1.807, 2.05) is 26.8 Å². The standard InChI is InChI=1S/C13H15N7O2/c1-6-4-10(20-12(16-6)7(2)8(3)18-20)15-5-9-17-13(11(14)21)22-19-9/h4,15H,5H2,1-3H3,(H2,14,21). The topological polar surface area (TPSA) is 124 Å². The van der Waals surface area contributed by atoms with E-state index in [0.29, 0.717) is 5.82 Å². The average molecular weight is 301 g/mol. The van der Waals surface area contributed by atoms with Gasteiger partial charge in [0, 0.05) is 17.3 Å². The van der Waals surface area contributed by atoms with Crippen LogP contribution in [-0.2, 0) is 6.54 Å². The molecular weight excluding hydrogens is 286 g/mol. The Balaban J connectivity index is 1.90. The normalized spacial score (nSPS) is 11.0. The van der Waals surface area contributed by atoms with Gasteiger partial charge in [-0.25, -0.2) is 4.98 Å². The zero-order valence-electron chi connectivity index (χ0n) is 12.4. The Kier molecular flexibility index (Phi) is 3.24. The molecule has 0 saturated carbocycles. The van der Waals surface area contributed by atoms with E-state index in [1.54, 1.807) is 4.52 Å². The third-order valence-corrected chi connectivity index (χ3v) is 3.29. The van der Waals surface area contributed by atoms with Crippen LogP contribution in [-0.4, -0.2) is 30.6 Å². The van der Waals surface area contributed by atoms with E-state index in [4.69, 9.17) is 10.3 Å². The molecule has 9 nitrogen and oxygen atoms in total. The first-order valence-corrected chi connectivity index (χ1v) is 6.65. The van der Waals surface area contributed by atoms with Gasteiger partial charge in [-0.15, -0.1) is 0 Å². The van der Waals surface area contributed by atoms with Gasteiger partial charge in [-0.2, -0.15) is 14.6 Å². The lowest BCUT2D eigenvalue weighted by Crippen LogP contribution is -2.12. The Bertz CT molecular complexity index is 865. The van der Waals surface area contributed by atoms with Crippen molar-refractivity contribution in [1.29, 1.82) is 0 Å². The Morgan fingerprint density at radius 2 is 2.14 bits per heavy atom. The minimum Gasteiger partial charge on any atom is -0.362 e. The van der Waals surface area contributed by atoms with Crippen molar-refractivity contribution in [3.05, 3.63) is 34.7 Å². The first-order valence-electron chi connectivity index (χ1n) is 6.65. The Hall–Kier alpha value is -2.97. The second-order valence-corrected chi connectivity index (χ2v) is 4.96. The number of nitrogens with zero attached hydrogens (tertiary/aromatic N) is 5. The summed E-state index contributed by atoms with van der Waals surface area (Å²) in [6, 6.07) is 1.87. The second-order valence-electron chi connectivity index (χ2n) is 4.96. The molecule has 3 aromatic rings. The molecule has 22 heavy (non-hydrogen) atoms. The van der Waals surface area contributed by atoms with Crippen molar-refractivity contribution in [2.24, 2.45) is 5.73 Å². The molecule has 0 fully saturated rings. The molecule has 0 aliphatic carbocycles. The van der Waals surface area contributed by atoms with E-state index >= 15 is 0 Å². The van der Waals surface area contributed by atoms with Gasteiger partial charge < -0.3 is 15.6 Å². The summed E-state index contributed by atoms with van der Waals surface area (Å²) < 4.78 is 6.47. The molecule has 0 aliphatic rings. The molecule has 0 bridgehead atoms. The van der Waals surface area contributed by atoms with Crippen molar-refractivity contribution >= 4 is 17.4 Å². The summed E-state index contributed by atoms with van der Waals surface area (Å²) in [6.45, 7) is 6.09. The van der Waals surface area contributed by atoms with Gasteiger partial charge in [0.2, 0.25) is 0 Å². The first-order chi connectivity index (χ1) is 10.5. The van der Waals surface area contributed by atoms with Crippen LogP contribution in [0, 0.1) is 20.8 Å². The number of amides is 1. The summed E-state index contributed by atoms with van der Waals surface area (Å²) in [5, 5.41) is 11.3. The fourth-order valence-corrected chi connectivity index (χ4v) is 2.07. The molecule has 0 aliphatic heterocycles. The maximum absolute atomic E-state index is 10.9. The molecule has 0 radical (unpaired) electrons. The van der Waals surface area contributed by atoms with Gasteiger partial charge in [0.25, 0.3) is 0 Å². The molecule has 3 rings (SSSR count). The summed E-state index contributed by atoms with van der Waals surface area (Å²) >= 11 is 0. The predicted molar refractivity (Wildman–Crippen MR) is 77.3 cm³/mol. The number of nitrogens with two attached hydrogens (primary N) is 1. The Morgan fingerprint density at radius 3 is 2.82 bits per heavy atom. The van der Waals surface area contributed by atoms with Crippen LogP contribution in [0.2, 0.25) is 0 Å². The van der Waals surface area contributed by atoms with E-state index in [1.165, 1.54) is 0 Å². The lowest BCUT2D eigenvalue weighted by Gasteiger charge is -2.07. The van der Waals surface area contributed by atoms with Gasteiger partial charge in [-0.05, 0) is 20.8 Å². The summed E-state index contributed by atoms with van der Waals surface area (Å²) in [4.78, 5) is 19.3. The molecule has 114 valence electrons. The lowest BCUT2D eigenvalue weighted by molar-refractivity contribution is 0.0958. The van der Waals surface area contributed by atoms with Crippen molar-refractivity contribution in [2.45, 2.75) is 27.3 Å². The van der Waals surface area contributed by atoms with Crippen molar-refractivity contribution in [3.8, 4) is 0 Å². The number of nitrogens with one attached hydrogen (secondary N) is 1. The number of hydrogen-bond donors (Lipinski definition) is 2. The zero-order chi connectivity index (χ0) is 15.9. The molecule has 1 amide bonds. The molecule has 0 unspecified atom stereocenters. The van der Waals surface area contributed by atoms with Gasteiger partial charge in [0.1, 0.15) is 5.82 Å². The van der Waals surface area contributed by atoms with Crippen molar-refractivity contribution < 1.29 is 9.32 Å². The maximum atomic E-state index is 10.9. The minimum absolute atomic E-state index is 0.210. The van der Waals surface area contributed by atoms with Gasteiger partial charge >= 0.3 is 11.8 Å². The number of hydrogen-bond acceptors (Lipinski definition) is 7. The van der Waals surface area contributed by atoms with E-state index in [2.05, 4.69) is 25.5 Å². The number of aryl methyl sites for hydroxylation is 3. The monoisotopic (exact) mass is 301 g/mol. The largest absolute Gasteiger partial charge is 0.362 e. The summed E-state index contributed by atoms with van der Waals surface area (Å²) in [5.74, 6) is 0.124. The van der Waals surface area contributed by atoms with E-state index in [-0.39, 0.29) is 12.4 Å². The molecule has 9 heteroatoms. The smallest absolute Gasteiger partial charge is 0.315 e. The quantitative estimate of drug-likeness (QED) is 0.728. The van der Waals surface area contributed by atoms with Crippen LogP contribution in [0.4, 0.5) is 5.82 Å². The van der Waals surface area contributed by atoms with Crippen LogP contribution in [0.25, 0.3) is 5.65 Å². The zero-order valence-corrected chi connectivity index (χ0v) is 12.4. The Morgan fingerprint density at radius 1 is 1.36 bits per heavy atom. The molecule has 0 saturated heterocycles. The highest BCUT2D eigenvalue weighted by molar-refractivity contribution is 5.87. The van der Waals surface area contributed by atoms with E-state index < -0.39 is 5.91 Å². The minimum atomic E-state index is -0.751. The molecular formula is C13H15N7O2. The van der Waals surface area contributed by atoms with Gasteiger partial charge in [-0.1, -0.05) is 5.16 Å². The third-order valence-electron chi connectivity index (χ3n) is 3.29. The van der Waals surface area contributed by atoms with Crippen LogP contribution in [0.3, 0.4) is 0 Å². The molecule has 3 aromatic heterocycles. The molecule has 0 spiro atoms. The van der Waals surface area contributed by atoms with E-state index in [0.717, 1.165) is 28.4 Å². The summed E-state index contributed by atoms with van der Waals surface area (Å²) in [7, 11) is 0. The number of primary amides is 1. The summed E-state index contributed by atoms with van der Waals surface area (Å²) in [6.07, 6.45) is 0. The van der Waals surface area contributed by atoms with Crippen molar-refractivity contribution in [3.63, 3.8) is 0 Å². The lowest BCUT2D eigenvalue weighted by atomic mass is 10.3. The predicted octanol–water partition coefficient (Wildman–Crippen LogP) is 0.749. The highest BCUT2D eigenvalue weighted by Crippen LogP contribution is 2.18. The molecule has 0 aromatic carbocycles. The number of carbonyl (C=O) groups excluding carboxylic acids is 1.